The number of nitrogens with zero attached hydrogens (tertiary/aromatic N) is 3. The molecule has 3 aromatic rings. The van der Waals surface area contributed by atoms with Gasteiger partial charge in [-0.2, -0.15) is 5.10 Å². The zero-order valence-electron chi connectivity index (χ0n) is 17.9. The fourth-order valence-corrected chi connectivity index (χ4v) is 4.07. The SMILES string of the molecule is C[C@@H](C(=O)Nc1ccc(C[C@@H]2CC[C@H]([C@H](O)c3cccnc3)N2)cc1)n1ncccc1=O. The van der Waals surface area contributed by atoms with E-state index in [1.165, 1.54) is 12.3 Å². The molecule has 166 valence electrons. The van der Waals surface area contributed by atoms with Crippen molar-refractivity contribution >= 4 is 11.6 Å². The third-order valence-electron chi connectivity index (χ3n) is 5.87. The number of aliphatic hydroxyl groups excluding tert-OH is 1. The van der Waals surface area contributed by atoms with Gasteiger partial charge in [-0.25, -0.2) is 4.68 Å². The van der Waals surface area contributed by atoms with E-state index in [0.717, 1.165) is 35.1 Å². The Bertz CT molecular complexity index is 1100. The van der Waals surface area contributed by atoms with E-state index in [4.69, 9.17) is 0 Å². The first-order valence-electron chi connectivity index (χ1n) is 10.8. The van der Waals surface area contributed by atoms with Gasteiger partial charge in [-0.15, -0.1) is 0 Å². The predicted molar refractivity (Wildman–Crippen MR) is 121 cm³/mol. The number of carbonyl (C=O) groups excluding carboxylic acids is 1. The second-order valence-electron chi connectivity index (χ2n) is 8.15. The van der Waals surface area contributed by atoms with E-state index in [1.54, 1.807) is 25.4 Å². The maximum atomic E-state index is 12.5. The number of hydrogen-bond donors (Lipinski definition) is 3. The molecule has 8 nitrogen and oxygen atoms in total. The van der Waals surface area contributed by atoms with Crippen LogP contribution in [0.3, 0.4) is 0 Å². The van der Waals surface area contributed by atoms with Crippen LogP contribution in [-0.2, 0) is 11.2 Å². The van der Waals surface area contributed by atoms with Crippen molar-refractivity contribution in [2.75, 3.05) is 5.32 Å². The second kappa shape index (κ2) is 9.84. The highest BCUT2D eigenvalue weighted by atomic mass is 16.3. The van der Waals surface area contributed by atoms with Crippen LogP contribution in [0.1, 0.15) is 43.0 Å². The molecule has 4 atom stereocenters. The van der Waals surface area contributed by atoms with Gasteiger partial charge in [-0.3, -0.25) is 14.6 Å². The molecule has 3 N–H and O–H groups in total. The molecule has 1 aliphatic rings. The molecule has 2 aromatic heterocycles. The van der Waals surface area contributed by atoms with Crippen molar-refractivity contribution in [3.63, 3.8) is 0 Å². The molecule has 8 heteroatoms. The maximum absolute atomic E-state index is 12.5. The molecule has 1 saturated heterocycles. The number of pyridine rings is 1. The molecule has 1 aromatic carbocycles. The second-order valence-corrected chi connectivity index (χ2v) is 8.15. The zero-order valence-corrected chi connectivity index (χ0v) is 17.9. The highest BCUT2D eigenvalue weighted by molar-refractivity contribution is 5.93. The fraction of sp³-hybridized carbons (Fsp3) is 0.333. The van der Waals surface area contributed by atoms with Crippen molar-refractivity contribution < 1.29 is 9.90 Å². The molecule has 0 saturated carbocycles. The van der Waals surface area contributed by atoms with Crippen molar-refractivity contribution in [3.8, 4) is 0 Å². The summed E-state index contributed by atoms with van der Waals surface area (Å²) in [5.41, 5.74) is 2.32. The quantitative estimate of drug-likeness (QED) is 0.527. The number of anilines is 1. The first-order valence-corrected chi connectivity index (χ1v) is 10.8. The summed E-state index contributed by atoms with van der Waals surface area (Å²) in [6, 6.07) is 13.9. The Morgan fingerprint density at radius 3 is 2.69 bits per heavy atom. The molecule has 0 radical (unpaired) electrons. The smallest absolute Gasteiger partial charge is 0.267 e. The van der Waals surface area contributed by atoms with Crippen LogP contribution >= 0.6 is 0 Å². The van der Waals surface area contributed by atoms with E-state index in [9.17, 15) is 14.7 Å². The fourth-order valence-electron chi connectivity index (χ4n) is 4.07. The van der Waals surface area contributed by atoms with Gasteiger partial charge < -0.3 is 15.7 Å². The number of aromatic nitrogens is 3. The minimum Gasteiger partial charge on any atom is -0.387 e. The number of amides is 1. The van der Waals surface area contributed by atoms with Gasteiger partial charge in [0.25, 0.3) is 5.56 Å². The van der Waals surface area contributed by atoms with Gasteiger partial charge in [0.15, 0.2) is 0 Å². The van der Waals surface area contributed by atoms with Crippen molar-refractivity contribution in [3.05, 3.63) is 88.6 Å². The van der Waals surface area contributed by atoms with Gasteiger partial charge >= 0.3 is 0 Å². The number of carbonyl (C=O) groups is 1. The Kier molecular flexibility index (Phi) is 6.72. The van der Waals surface area contributed by atoms with Crippen LogP contribution in [0.2, 0.25) is 0 Å². The lowest BCUT2D eigenvalue weighted by molar-refractivity contribution is -0.119. The van der Waals surface area contributed by atoms with Gasteiger partial charge in [0.05, 0.1) is 6.10 Å². The molecule has 0 aliphatic carbocycles. The van der Waals surface area contributed by atoms with Crippen molar-refractivity contribution in [2.45, 2.75) is 50.4 Å². The molecule has 0 unspecified atom stereocenters. The van der Waals surface area contributed by atoms with Crippen LogP contribution in [0.15, 0.2) is 71.9 Å². The van der Waals surface area contributed by atoms with Gasteiger partial charge in [0.1, 0.15) is 6.04 Å². The van der Waals surface area contributed by atoms with E-state index in [-0.39, 0.29) is 23.6 Å². The third kappa shape index (κ3) is 5.09. The van der Waals surface area contributed by atoms with Crippen LogP contribution in [0, 0.1) is 0 Å². The van der Waals surface area contributed by atoms with E-state index in [2.05, 4.69) is 20.7 Å². The summed E-state index contributed by atoms with van der Waals surface area (Å²) >= 11 is 0. The maximum Gasteiger partial charge on any atom is 0.267 e. The summed E-state index contributed by atoms with van der Waals surface area (Å²) in [5, 5.41) is 20.9. The van der Waals surface area contributed by atoms with Crippen molar-refractivity contribution in [2.24, 2.45) is 0 Å². The summed E-state index contributed by atoms with van der Waals surface area (Å²) in [7, 11) is 0. The summed E-state index contributed by atoms with van der Waals surface area (Å²) in [4.78, 5) is 28.5. The summed E-state index contributed by atoms with van der Waals surface area (Å²) in [5.74, 6) is -0.303. The van der Waals surface area contributed by atoms with Crippen molar-refractivity contribution in [1.82, 2.24) is 20.1 Å². The number of benzene rings is 1. The molecule has 3 heterocycles. The highest BCUT2D eigenvalue weighted by Gasteiger charge is 2.30. The standard InChI is InChI=1S/C24H27N5O3/c1-16(29-22(30)5-3-13-26-29)24(32)28-19-8-6-17(7-9-19)14-20-10-11-21(27-20)23(31)18-4-2-12-25-15-18/h2-9,12-13,15-16,20-21,23,27,31H,10-11,14H2,1H3,(H,28,32)/t16-,20-,21+,23+/m0/s1. The van der Waals surface area contributed by atoms with Gasteiger partial charge in [-0.1, -0.05) is 18.2 Å². The molecule has 32 heavy (non-hydrogen) atoms. The predicted octanol–water partition coefficient (Wildman–Crippen LogP) is 2.23. The number of rotatable bonds is 7. The molecule has 0 bridgehead atoms. The molecule has 0 spiro atoms. The normalized spacial score (nSPS) is 19.9. The lowest BCUT2D eigenvalue weighted by Crippen LogP contribution is -2.35. The Balaban J connectivity index is 1.31. The summed E-state index contributed by atoms with van der Waals surface area (Å²) < 4.78 is 1.16. The van der Waals surface area contributed by atoms with E-state index in [0.29, 0.717) is 5.69 Å². The molecule has 1 aliphatic heterocycles. The topological polar surface area (TPSA) is 109 Å². The first-order chi connectivity index (χ1) is 15.5. The largest absolute Gasteiger partial charge is 0.387 e. The Labute approximate surface area is 186 Å². The monoisotopic (exact) mass is 433 g/mol. The van der Waals surface area contributed by atoms with Gasteiger partial charge in [-0.05, 0) is 56.0 Å². The average molecular weight is 434 g/mol. The van der Waals surface area contributed by atoms with Gasteiger partial charge in [0.2, 0.25) is 5.91 Å². The number of nitrogens with one attached hydrogen (secondary N) is 2. The molecular weight excluding hydrogens is 406 g/mol. The van der Waals surface area contributed by atoms with Crippen LogP contribution in [0.25, 0.3) is 0 Å². The molecule has 4 rings (SSSR count). The number of aliphatic hydroxyl groups is 1. The minimum atomic E-state index is -0.714. The number of hydrogen-bond acceptors (Lipinski definition) is 6. The van der Waals surface area contributed by atoms with Gasteiger partial charge in [0, 0.05) is 48.0 Å². The molecule has 1 fully saturated rings. The van der Waals surface area contributed by atoms with Crippen LogP contribution < -0.4 is 16.2 Å². The summed E-state index contributed by atoms with van der Waals surface area (Å²) in [6.45, 7) is 1.64. The molecular formula is C24H27N5O3. The van der Waals surface area contributed by atoms with E-state index < -0.39 is 12.1 Å². The Hall–Kier alpha value is -3.36. The molecule has 1 amide bonds. The van der Waals surface area contributed by atoms with Crippen LogP contribution in [0.5, 0.6) is 0 Å². The lowest BCUT2D eigenvalue weighted by atomic mass is 10.0. The average Bonchev–Trinajstić information content (AvgIpc) is 3.28. The van der Waals surface area contributed by atoms with E-state index in [1.807, 2.05) is 36.4 Å². The van der Waals surface area contributed by atoms with Crippen molar-refractivity contribution in [1.29, 1.82) is 0 Å². The van der Waals surface area contributed by atoms with E-state index >= 15 is 0 Å². The zero-order chi connectivity index (χ0) is 22.5. The first kappa shape index (κ1) is 21.9. The Morgan fingerprint density at radius 2 is 1.97 bits per heavy atom. The van der Waals surface area contributed by atoms with Crippen LogP contribution in [-0.4, -0.2) is 37.9 Å². The van der Waals surface area contributed by atoms with Crippen LogP contribution in [0.4, 0.5) is 5.69 Å². The minimum absolute atomic E-state index is 0.0132. The summed E-state index contributed by atoms with van der Waals surface area (Å²) in [6.07, 6.45) is 7.04. The lowest BCUT2D eigenvalue weighted by Gasteiger charge is -2.20. The highest BCUT2D eigenvalue weighted by Crippen LogP contribution is 2.26. The Morgan fingerprint density at radius 1 is 1.19 bits per heavy atom. The third-order valence-corrected chi connectivity index (χ3v) is 5.87.